The minimum atomic E-state index is -0.0509. The highest BCUT2D eigenvalue weighted by molar-refractivity contribution is 6.30. The number of hydrazone groups is 1. The van der Waals surface area contributed by atoms with Crippen molar-refractivity contribution in [3.63, 3.8) is 0 Å². The molecule has 0 radical (unpaired) electrons. The maximum atomic E-state index is 12.4. The lowest BCUT2D eigenvalue weighted by molar-refractivity contribution is -0.132. The smallest absolute Gasteiger partial charge is 0.243 e. The van der Waals surface area contributed by atoms with E-state index in [-0.39, 0.29) is 18.2 Å². The van der Waals surface area contributed by atoms with E-state index in [4.69, 9.17) is 11.6 Å². The molecule has 1 fully saturated rings. The molecule has 186 valence electrons. The zero-order valence-corrected chi connectivity index (χ0v) is 21.1. The second kappa shape index (κ2) is 12.2. The van der Waals surface area contributed by atoms with Crippen LogP contribution in [0.2, 0.25) is 5.02 Å². The van der Waals surface area contributed by atoms with Crippen LogP contribution in [-0.2, 0) is 16.0 Å². The Morgan fingerprint density at radius 2 is 1.80 bits per heavy atom. The number of halogens is 1. The van der Waals surface area contributed by atoms with Gasteiger partial charge >= 0.3 is 0 Å². The van der Waals surface area contributed by atoms with Crippen LogP contribution in [-0.4, -0.2) is 73.2 Å². The summed E-state index contributed by atoms with van der Waals surface area (Å²) in [5.41, 5.74) is 4.38. The normalized spacial score (nSPS) is 16.9. The number of piperazine rings is 1. The molecule has 2 aromatic carbocycles. The van der Waals surface area contributed by atoms with Gasteiger partial charge in [0.2, 0.25) is 11.8 Å². The maximum Gasteiger partial charge on any atom is 0.243 e. The lowest BCUT2D eigenvalue weighted by Crippen LogP contribution is -2.48. The summed E-state index contributed by atoms with van der Waals surface area (Å²) in [6.45, 7) is 7.61. The Kier molecular flexibility index (Phi) is 8.77. The molecule has 2 amide bonds. The highest BCUT2D eigenvalue weighted by Crippen LogP contribution is 2.21. The van der Waals surface area contributed by atoms with Gasteiger partial charge in [-0.1, -0.05) is 48.9 Å². The minimum absolute atomic E-state index is 0.0238. The van der Waals surface area contributed by atoms with Gasteiger partial charge in [0.25, 0.3) is 0 Å². The fourth-order valence-electron chi connectivity index (χ4n) is 4.47. The molecule has 4 rings (SSSR count). The quantitative estimate of drug-likeness (QED) is 0.577. The maximum absolute atomic E-state index is 12.4. The Morgan fingerprint density at radius 1 is 1.03 bits per heavy atom. The summed E-state index contributed by atoms with van der Waals surface area (Å²) in [6, 6.07) is 16.3. The fraction of sp³-hybridized carbons (Fsp3) is 0.444. The zero-order chi connectivity index (χ0) is 24.6. The Labute approximate surface area is 212 Å². The van der Waals surface area contributed by atoms with Gasteiger partial charge in [0.1, 0.15) is 0 Å². The molecule has 0 unspecified atom stereocenters. The standard InChI is InChI=1S/C27H34ClN5O2/c1-2-21-6-8-22(9-7-21)25-10-11-27(35)33(30-25)14-12-26(34)29-13-15-31-16-18-32(19-17-31)24-5-3-4-23(28)20-24/h3-9,20H,2,10-19H2,1H3,(H,29,34). The van der Waals surface area contributed by atoms with Crippen molar-refractivity contribution in [3.05, 3.63) is 64.7 Å². The van der Waals surface area contributed by atoms with Crippen molar-refractivity contribution in [2.75, 3.05) is 50.7 Å². The van der Waals surface area contributed by atoms with Crippen LogP contribution in [0.3, 0.4) is 0 Å². The van der Waals surface area contributed by atoms with Crippen molar-refractivity contribution in [2.45, 2.75) is 32.6 Å². The summed E-state index contributed by atoms with van der Waals surface area (Å²) >= 11 is 6.11. The Hall–Kier alpha value is -2.90. The van der Waals surface area contributed by atoms with Crippen molar-refractivity contribution in [2.24, 2.45) is 5.10 Å². The van der Waals surface area contributed by atoms with Gasteiger partial charge in [-0.2, -0.15) is 5.10 Å². The van der Waals surface area contributed by atoms with E-state index in [9.17, 15) is 9.59 Å². The molecule has 2 aliphatic rings. The number of nitrogens with one attached hydrogen (secondary N) is 1. The van der Waals surface area contributed by atoms with Crippen molar-refractivity contribution < 1.29 is 9.59 Å². The van der Waals surface area contributed by atoms with Gasteiger partial charge < -0.3 is 10.2 Å². The molecule has 0 atom stereocenters. The molecule has 8 heteroatoms. The molecule has 0 saturated carbocycles. The Morgan fingerprint density at radius 3 is 2.51 bits per heavy atom. The number of nitrogens with zero attached hydrogens (tertiary/aromatic N) is 4. The topological polar surface area (TPSA) is 68.2 Å². The van der Waals surface area contributed by atoms with E-state index < -0.39 is 0 Å². The van der Waals surface area contributed by atoms with Gasteiger partial charge in [-0.25, -0.2) is 5.01 Å². The second-order valence-corrected chi connectivity index (χ2v) is 9.46. The van der Waals surface area contributed by atoms with Crippen LogP contribution in [0.25, 0.3) is 0 Å². The zero-order valence-electron chi connectivity index (χ0n) is 20.4. The van der Waals surface area contributed by atoms with Crippen molar-refractivity contribution in [1.82, 2.24) is 15.2 Å². The Bertz CT molecular complexity index is 1050. The second-order valence-electron chi connectivity index (χ2n) is 9.02. The summed E-state index contributed by atoms with van der Waals surface area (Å²) in [5, 5.41) is 9.76. The number of anilines is 1. The van der Waals surface area contributed by atoms with E-state index in [2.05, 4.69) is 57.5 Å². The van der Waals surface area contributed by atoms with Gasteiger partial charge in [-0.3, -0.25) is 14.5 Å². The highest BCUT2D eigenvalue weighted by atomic mass is 35.5. The number of carbonyl (C=O) groups is 2. The molecule has 2 aliphatic heterocycles. The van der Waals surface area contributed by atoms with E-state index in [1.807, 2.05) is 18.2 Å². The summed E-state index contributed by atoms with van der Waals surface area (Å²) in [6.07, 6.45) is 2.31. The highest BCUT2D eigenvalue weighted by Gasteiger charge is 2.22. The van der Waals surface area contributed by atoms with Gasteiger partial charge in [0.05, 0.1) is 12.3 Å². The third-order valence-corrected chi connectivity index (χ3v) is 6.88. The lowest BCUT2D eigenvalue weighted by atomic mass is 10.0. The fourth-order valence-corrected chi connectivity index (χ4v) is 4.65. The lowest BCUT2D eigenvalue weighted by Gasteiger charge is -2.36. The summed E-state index contributed by atoms with van der Waals surface area (Å²) in [4.78, 5) is 29.4. The molecule has 35 heavy (non-hydrogen) atoms. The molecule has 1 saturated heterocycles. The van der Waals surface area contributed by atoms with Crippen molar-refractivity contribution in [1.29, 1.82) is 0 Å². The van der Waals surface area contributed by atoms with Crippen LogP contribution in [0.4, 0.5) is 5.69 Å². The van der Waals surface area contributed by atoms with Crippen LogP contribution in [0, 0.1) is 0 Å². The molecule has 2 heterocycles. The number of hydrogen-bond donors (Lipinski definition) is 1. The Balaban J connectivity index is 1.17. The van der Waals surface area contributed by atoms with Crippen LogP contribution in [0.1, 0.15) is 37.3 Å². The number of amides is 2. The van der Waals surface area contributed by atoms with E-state index in [1.165, 1.54) is 10.6 Å². The molecular formula is C27H34ClN5O2. The van der Waals surface area contributed by atoms with E-state index in [1.54, 1.807) is 0 Å². The summed E-state index contributed by atoms with van der Waals surface area (Å²) < 4.78 is 0. The first kappa shape index (κ1) is 25.2. The molecular weight excluding hydrogens is 462 g/mol. The van der Waals surface area contributed by atoms with Gasteiger partial charge in [-0.05, 0) is 35.7 Å². The number of aryl methyl sites for hydroxylation is 1. The van der Waals surface area contributed by atoms with E-state index >= 15 is 0 Å². The molecule has 0 aliphatic carbocycles. The molecule has 0 aromatic heterocycles. The predicted octanol–water partition coefficient (Wildman–Crippen LogP) is 3.56. The molecule has 0 spiro atoms. The molecule has 1 N–H and O–H groups in total. The number of benzene rings is 2. The number of carbonyl (C=O) groups excluding carboxylic acids is 2. The average Bonchev–Trinajstić information content (AvgIpc) is 2.89. The van der Waals surface area contributed by atoms with Gasteiger partial charge in [0, 0.05) is 69.2 Å². The van der Waals surface area contributed by atoms with Crippen LogP contribution in [0.15, 0.2) is 53.6 Å². The first-order valence-electron chi connectivity index (χ1n) is 12.5. The van der Waals surface area contributed by atoms with E-state index in [0.29, 0.717) is 25.9 Å². The average molecular weight is 496 g/mol. The third-order valence-electron chi connectivity index (χ3n) is 6.65. The van der Waals surface area contributed by atoms with Crippen LogP contribution in [0.5, 0.6) is 0 Å². The molecule has 2 aromatic rings. The number of hydrogen-bond acceptors (Lipinski definition) is 5. The van der Waals surface area contributed by atoms with Crippen LogP contribution < -0.4 is 10.2 Å². The predicted molar refractivity (Wildman–Crippen MR) is 141 cm³/mol. The molecule has 7 nitrogen and oxygen atoms in total. The van der Waals surface area contributed by atoms with Crippen LogP contribution >= 0.6 is 11.6 Å². The van der Waals surface area contributed by atoms with Crippen molar-refractivity contribution >= 4 is 34.8 Å². The number of rotatable bonds is 9. The monoisotopic (exact) mass is 495 g/mol. The third kappa shape index (κ3) is 7.05. The molecule has 0 bridgehead atoms. The largest absolute Gasteiger partial charge is 0.369 e. The first-order valence-corrected chi connectivity index (χ1v) is 12.9. The van der Waals surface area contributed by atoms with Gasteiger partial charge in [0.15, 0.2) is 0 Å². The summed E-state index contributed by atoms with van der Waals surface area (Å²) in [7, 11) is 0. The van der Waals surface area contributed by atoms with Gasteiger partial charge in [-0.15, -0.1) is 0 Å². The SMILES string of the molecule is CCc1ccc(C2=NN(CCC(=O)NCCN3CCN(c4cccc(Cl)c4)CC3)C(=O)CC2)cc1. The minimum Gasteiger partial charge on any atom is -0.369 e. The van der Waals surface area contributed by atoms with Crippen molar-refractivity contribution in [3.8, 4) is 0 Å². The summed E-state index contributed by atoms with van der Waals surface area (Å²) in [5.74, 6) is -0.0747. The first-order chi connectivity index (χ1) is 17.0. The van der Waals surface area contributed by atoms with E-state index in [0.717, 1.165) is 61.1 Å².